The van der Waals surface area contributed by atoms with Gasteiger partial charge in [-0.3, -0.25) is 4.79 Å². The molecule has 1 aromatic carbocycles. The van der Waals surface area contributed by atoms with Gasteiger partial charge in [0.2, 0.25) is 0 Å². The number of hydrogen-bond acceptors (Lipinski definition) is 3. The zero-order valence-corrected chi connectivity index (χ0v) is 13.5. The highest BCUT2D eigenvalue weighted by atomic mass is 79.9. The van der Waals surface area contributed by atoms with Gasteiger partial charge in [0.25, 0.3) is 0 Å². The molecule has 92 valence electrons. The van der Waals surface area contributed by atoms with Crippen molar-refractivity contribution in [2.75, 3.05) is 0 Å². The van der Waals surface area contributed by atoms with Crippen LogP contribution in [0.15, 0.2) is 55.4 Å². The Balaban J connectivity index is 2.29. The first-order valence-electron chi connectivity index (χ1n) is 5.17. The summed E-state index contributed by atoms with van der Waals surface area (Å²) in [6.07, 6.45) is 1.76. The van der Waals surface area contributed by atoms with E-state index in [9.17, 15) is 4.79 Å². The van der Waals surface area contributed by atoms with Crippen LogP contribution in [0.5, 0.6) is 0 Å². The Hall–Kier alpha value is -0.650. The summed E-state index contributed by atoms with van der Waals surface area (Å²) >= 11 is 8.42. The number of rotatable bonds is 3. The number of carbonyl (C=O) groups is 1. The van der Waals surface area contributed by atoms with Crippen molar-refractivity contribution in [3.63, 3.8) is 0 Å². The van der Waals surface area contributed by atoms with Crippen molar-refractivity contribution in [1.82, 2.24) is 4.98 Å². The van der Waals surface area contributed by atoms with E-state index in [2.05, 4.69) is 36.8 Å². The van der Waals surface area contributed by atoms with E-state index in [1.807, 2.05) is 30.3 Å². The molecular formula is C13H9Br2NOS. The molecule has 0 aliphatic carbocycles. The molecular weight excluding hydrogens is 378 g/mol. The molecule has 0 amide bonds. The molecule has 1 aromatic heterocycles. The Labute approximate surface area is 126 Å². The van der Waals surface area contributed by atoms with Crippen LogP contribution in [0, 0.1) is 0 Å². The fraction of sp³-hybridized carbons (Fsp3) is 0.0769. The van der Waals surface area contributed by atoms with E-state index < -0.39 is 0 Å². The number of carbonyl (C=O) groups excluding carboxylic acids is 1. The molecule has 0 aliphatic heterocycles. The van der Waals surface area contributed by atoms with Crippen LogP contribution < -0.4 is 0 Å². The van der Waals surface area contributed by atoms with Gasteiger partial charge in [0.05, 0.1) is 4.47 Å². The van der Waals surface area contributed by atoms with Crippen molar-refractivity contribution < 1.29 is 4.79 Å². The Morgan fingerprint density at radius 2 is 2.00 bits per heavy atom. The van der Waals surface area contributed by atoms with Gasteiger partial charge in [0.1, 0.15) is 5.03 Å². The van der Waals surface area contributed by atoms with Crippen molar-refractivity contribution in [3.8, 4) is 0 Å². The molecule has 0 saturated carbocycles. The van der Waals surface area contributed by atoms with E-state index in [1.54, 1.807) is 24.9 Å². The van der Waals surface area contributed by atoms with E-state index in [-0.39, 0.29) is 5.78 Å². The SMILES string of the molecule is CC(=O)c1ccc(Sc2ncccc2Br)cc1Br. The van der Waals surface area contributed by atoms with Crippen LogP contribution in [0.1, 0.15) is 17.3 Å². The van der Waals surface area contributed by atoms with Gasteiger partial charge in [0.15, 0.2) is 5.78 Å². The monoisotopic (exact) mass is 385 g/mol. The molecule has 0 bridgehead atoms. The van der Waals surface area contributed by atoms with Gasteiger partial charge >= 0.3 is 0 Å². The Kier molecular flexibility index (Phi) is 4.59. The van der Waals surface area contributed by atoms with Crippen molar-refractivity contribution >= 4 is 49.4 Å². The molecule has 0 atom stereocenters. The van der Waals surface area contributed by atoms with Crippen molar-refractivity contribution in [3.05, 3.63) is 51.0 Å². The number of nitrogens with zero attached hydrogens (tertiary/aromatic N) is 1. The van der Waals surface area contributed by atoms with Gasteiger partial charge in [-0.05, 0) is 53.2 Å². The lowest BCUT2D eigenvalue weighted by molar-refractivity contribution is 0.101. The van der Waals surface area contributed by atoms with Gasteiger partial charge in [-0.2, -0.15) is 0 Å². The molecule has 0 unspecified atom stereocenters. The number of hydrogen-bond donors (Lipinski definition) is 0. The quantitative estimate of drug-likeness (QED) is 0.698. The largest absolute Gasteiger partial charge is 0.294 e. The maximum Gasteiger partial charge on any atom is 0.160 e. The van der Waals surface area contributed by atoms with E-state index in [1.165, 1.54) is 0 Å². The van der Waals surface area contributed by atoms with Gasteiger partial charge in [-0.25, -0.2) is 4.98 Å². The maximum absolute atomic E-state index is 11.3. The highest BCUT2D eigenvalue weighted by Gasteiger charge is 2.08. The molecule has 2 rings (SSSR count). The Morgan fingerprint density at radius 1 is 1.22 bits per heavy atom. The third-order valence-electron chi connectivity index (χ3n) is 2.26. The van der Waals surface area contributed by atoms with Crippen LogP contribution in [0.2, 0.25) is 0 Å². The average molecular weight is 387 g/mol. The molecule has 2 aromatic rings. The second kappa shape index (κ2) is 5.99. The third-order valence-corrected chi connectivity index (χ3v) is 4.83. The summed E-state index contributed by atoms with van der Waals surface area (Å²) in [4.78, 5) is 16.7. The standard InChI is InChI=1S/C13H9Br2NOS/c1-8(17)10-5-4-9(7-12(10)15)18-13-11(14)3-2-6-16-13/h2-7H,1H3. The number of halogens is 2. The molecule has 18 heavy (non-hydrogen) atoms. The fourth-order valence-corrected chi connectivity index (χ4v) is 3.53. The topological polar surface area (TPSA) is 30.0 Å². The summed E-state index contributed by atoms with van der Waals surface area (Å²) in [5.41, 5.74) is 0.694. The van der Waals surface area contributed by atoms with Crippen LogP contribution in [0.3, 0.4) is 0 Å². The maximum atomic E-state index is 11.3. The Morgan fingerprint density at radius 3 is 2.61 bits per heavy atom. The zero-order chi connectivity index (χ0) is 13.1. The minimum atomic E-state index is 0.0532. The normalized spacial score (nSPS) is 10.4. The van der Waals surface area contributed by atoms with Crippen molar-refractivity contribution in [1.29, 1.82) is 0 Å². The average Bonchev–Trinajstić information content (AvgIpc) is 2.32. The predicted octanol–water partition coefficient (Wildman–Crippen LogP) is 4.96. The second-order valence-electron chi connectivity index (χ2n) is 3.59. The lowest BCUT2D eigenvalue weighted by atomic mass is 10.2. The predicted molar refractivity (Wildman–Crippen MR) is 80.2 cm³/mol. The second-order valence-corrected chi connectivity index (χ2v) is 6.36. The highest BCUT2D eigenvalue weighted by molar-refractivity contribution is 9.10. The summed E-state index contributed by atoms with van der Waals surface area (Å²) in [5.74, 6) is 0.0532. The first-order valence-corrected chi connectivity index (χ1v) is 7.57. The molecule has 0 fully saturated rings. The number of pyridine rings is 1. The van der Waals surface area contributed by atoms with Crippen molar-refractivity contribution in [2.24, 2.45) is 0 Å². The Bertz CT molecular complexity index is 601. The number of benzene rings is 1. The van der Waals surface area contributed by atoms with Crippen molar-refractivity contribution in [2.45, 2.75) is 16.8 Å². The highest BCUT2D eigenvalue weighted by Crippen LogP contribution is 2.33. The first-order chi connectivity index (χ1) is 8.58. The minimum absolute atomic E-state index is 0.0532. The van der Waals surface area contributed by atoms with Crippen LogP contribution >= 0.6 is 43.6 Å². The molecule has 5 heteroatoms. The zero-order valence-electron chi connectivity index (χ0n) is 9.48. The van der Waals surface area contributed by atoms with Crippen LogP contribution in [-0.2, 0) is 0 Å². The number of Topliss-reactive ketones (excluding diaryl/α,β-unsaturated/α-hetero) is 1. The van der Waals surface area contributed by atoms with E-state index in [4.69, 9.17) is 0 Å². The molecule has 0 N–H and O–H groups in total. The van der Waals surface area contributed by atoms with Crippen LogP contribution in [0.4, 0.5) is 0 Å². The molecule has 0 saturated heterocycles. The van der Waals surface area contributed by atoms with E-state index in [0.29, 0.717) is 5.56 Å². The lowest BCUT2D eigenvalue weighted by Crippen LogP contribution is -1.93. The summed E-state index contributed by atoms with van der Waals surface area (Å²) in [5, 5.41) is 0.903. The third kappa shape index (κ3) is 3.22. The lowest BCUT2D eigenvalue weighted by Gasteiger charge is -2.05. The first kappa shape index (κ1) is 13.8. The molecule has 0 aliphatic rings. The summed E-state index contributed by atoms with van der Waals surface area (Å²) < 4.78 is 1.77. The number of ketones is 1. The van der Waals surface area contributed by atoms with Crippen LogP contribution in [-0.4, -0.2) is 10.8 Å². The number of aromatic nitrogens is 1. The van der Waals surface area contributed by atoms with Crippen LogP contribution in [0.25, 0.3) is 0 Å². The summed E-state index contributed by atoms with van der Waals surface area (Å²) in [6.45, 7) is 1.56. The van der Waals surface area contributed by atoms with Gasteiger partial charge in [-0.15, -0.1) is 0 Å². The molecule has 2 nitrogen and oxygen atoms in total. The van der Waals surface area contributed by atoms with Gasteiger partial charge < -0.3 is 0 Å². The van der Waals surface area contributed by atoms with E-state index in [0.717, 1.165) is 18.9 Å². The molecule has 0 spiro atoms. The van der Waals surface area contributed by atoms with Gasteiger partial charge in [0, 0.05) is 21.1 Å². The minimum Gasteiger partial charge on any atom is -0.294 e. The summed E-state index contributed by atoms with van der Waals surface area (Å²) in [6, 6.07) is 9.51. The van der Waals surface area contributed by atoms with Gasteiger partial charge in [-0.1, -0.05) is 27.7 Å². The summed E-state index contributed by atoms with van der Waals surface area (Å²) in [7, 11) is 0. The fourth-order valence-electron chi connectivity index (χ4n) is 1.40. The smallest absolute Gasteiger partial charge is 0.160 e. The molecule has 1 heterocycles. The van der Waals surface area contributed by atoms with E-state index >= 15 is 0 Å². The molecule has 0 radical (unpaired) electrons.